The molecule has 0 fully saturated rings. The normalized spacial score (nSPS) is 17.7. The molecule has 0 spiro atoms. The Morgan fingerprint density at radius 2 is 2.05 bits per heavy atom. The molecule has 0 saturated heterocycles. The number of alkyl halides is 2. The quantitative estimate of drug-likeness (QED) is 0.361. The molecule has 2 rings (SSSR count). The number of carbonyl (C=O) groups is 2. The van der Waals surface area contributed by atoms with E-state index in [1.54, 1.807) is 25.2 Å². The number of amides is 2. The SMILES string of the molecule is C/C=C/C1=CCI(Cc2ccc(F)c(F)c2)C(=O)NC1=O. The third-order valence-corrected chi connectivity index (χ3v) is 7.81. The van der Waals surface area contributed by atoms with Gasteiger partial charge in [0.25, 0.3) is 0 Å². The number of rotatable bonds is 3. The van der Waals surface area contributed by atoms with Crippen LogP contribution in [0.15, 0.2) is 42.0 Å². The Kier molecular flexibility index (Phi) is 5.22. The van der Waals surface area contributed by atoms with Gasteiger partial charge < -0.3 is 0 Å². The van der Waals surface area contributed by atoms with Gasteiger partial charge in [-0.25, -0.2) is 0 Å². The van der Waals surface area contributed by atoms with Crippen LogP contribution >= 0.6 is 19.8 Å². The van der Waals surface area contributed by atoms with E-state index in [4.69, 9.17) is 0 Å². The average molecular weight is 405 g/mol. The van der Waals surface area contributed by atoms with Crippen LogP contribution in [0.1, 0.15) is 12.5 Å². The van der Waals surface area contributed by atoms with Gasteiger partial charge in [0, 0.05) is 0 Å². The zero-order valence-electron chi connectivity index (χ0n) is 11.3. The molecule has 21 heavy (non-hydrogen) atoms. The molecule has 0 radical (unpaired) electrons. The maximum absolute atomic E-state index is 13.2. The molecule has 2 amide bonds. The molecule has 0 bridgehead atoms. The Morgan fingerprint density at radius 3 is 2.71 bits per heavy atom. The van der Waals surface area contributed by atoms with Crippen LogP contribution in [-0.4, -0.2) is 14.2 Å². The van der Waals surface area contributed by atoms with Crippen molar-refractivity contribution in [1.29, 1.82) is 0 Å². The van der Waals surface area contributed by atoms with Gasteiger partial charge in [-0.2, -0.15) is 0 Å². The van der Waals surface area contributed by atoms with Crippen molar-refractivity contribution in [3.63, 3.8) is 0 Å². The molecule has 3 nitrogen and oxygen atoms in total. The summed E-state index contributed by atoms with van der Waals surface area (Å²) in [5.41, 5.74) is 1.06. The van der Waals surface area contributed by atoms with Crippen LogP contribution in [0, 0.1) is 11.6 Å². The molecular weight excluding hydrogens is 391 g/mol. The number of hydrogen-bond acceptors (Lipinski definition) is 2. The molecule has 0 aliphatic carbocycles. The predicted molar refractivity (Wildman–Crippen MR) is 85.4 cm³/mol. The predicted octanol–water partition coefficient (Wildman–Crippen LogP) is 3.72. The summed E-state index contributed by atoms with van der Waals surface area (Å²) in [5.74, 6) is -2.22. The molecule has 0 saturated carbocycles. The number of halogens is 3. The van der Waals surface area contributed by atoms with Crippen molar-refractivity contribution in [3.8, 4) is 0 Å². The summed E-state index contributed by atoms with van der Waals surface area (Å²) in [6.07, 6.45) is 5.14. The molecule has 1 N–H and O–H groups in total. The van der Waals surface area contributed by atoms with Gasteiger partial charge in [0.15, 0.2) is 0 Å². The summed E-state index contributed by atoms with van der Waals surface area (Å²) >= 11 is -2.19. The van der Waals surface area contributed by atoms with Gasteiger partial charge in [-0.15, -0.1) is 0 Å². The third-order valence-electron chi connectivity index (χ3n) is 2.85. The van der Waals surface area contributed by atoms with E-state index in [1.807, 2.05) is 0 Å². The van der Waals surface area contributed by atoms with Crippen molar-refractivity contribution in [2.45, 2.75) is 11.4 Å². The standard InChI is InChI=1S/C15H14F2INO2/c1-2-3-11-6-7-18(15(21)19-14(11)20)9-10-4-5-12(16)13(17)8-10/h2-6,8H,7,9H2,1H3,(H,19,20,21)/b3-2+. The molecule has 112 valence electrons. The Balaban J connectivity index is 2.17. The van der Waals surface area contributed by atoms with E-state index in [0.29, 0.717) is 20.0 Å². The molecule has 1 heterocycles. The van der Waals surface area contributed by atoms with Crippen molar-refractivity contribution in [2.75, 3.05) is 4.43 Å². The van der Waals surface area contributed by atoms with Gasteiger partial charge >= 0.3 is 128 Å². The molecule has 0 atom stereocenters. The number of benzene rings is 1. The second kappa shape index (κ2) is 6.93. The Labute approximate surface area is 128 Å². The van der Waals surface area contributed by atoms with Crippen molar-refractivity contribution < 1.29 is 18.4 Å². The number of hydrogen-bond donors (Lipinski definition) is 1. The minimum atomic E-state index is -2.19. The van der Waals surface area contributed by atoms with Gasteiger partial charge in [-0.05, 0) is 0 Å². The number of nitrogens with one attached hydrogen (secondary N) is 1. The van der Waals surface area contributed by atoms with Crippen LogP contribution in [0.25, 0.3) is 0 Å². The molecule has 6 heteroatoms. The fourth-order valence-electron chi connectivity index (χ4n) is 1.81. The van der Waals surface area contributed by atoms with Crippen LogP contribution < -0.4 is 5.32 Å². The topological polar surface area (TPSA) is 46.2 Å². The molecule has 1 aliphatic heterocycles. The summed E-state index contributed by atoms with van der Waals surface area (Å²) in [4.78, 5) is 23.8. The summed E-state index contributed by atoms with van der Waals surface area (Å²) in [5, 5.41) is 2.38. The van der Waals surface area contributed by atoms with Gasteiger partial charge in [-0.3, -0.25) is 0 Å². The number of imide groups is 1. The van der Waals surface area contributed by atoms with Crippen LogP contribution in [0.5, 0.6) is 0 Å². The summed E-state index contributed by atoms with van der Waals surface area (Å²) in [6, 6.07) is 3.65. The fraction of sp³-hybridized carbons (Fsp3) is 0.200. The van der Waals surface area contributed by atoms with Gasteiger partial charge in [-0.1, -0.05) is 0 Å². The first-order chi connectivity index (χ1) is 10.0. The number of carbonyl (C=O) groups excluding carboxylic acids is 2. The zero-order valence-corrected chi connectivity index (χ0v) is 13.5. The van der Waals surface area contributed by atoms with E-state index in [9.17, 15) is 18.4 Å². The van der Waals surface area contributed by atoms with Crippen molar-refractivity contribution in [3.05, 3.63) is 59.2 Å². The Hall–Kier alpha value is -1.57. The molecular formula is C15H14F2INO2. The van der Waals surface area contributed by atoms with E-state index in [0.717, 1.165) is 12.1 Å². The molecule has 1 aliphatic rings. The zero-order chi connectivity index (χ0) is 15.4. The summed E-state index contributed by atoms with van der Waals surface area (Å²) in [7, 11) is 0. The van der Waals surface area contributed by atoms with Crippen LogP contribution in [0.2, 0.25) is 0 Å². The monoisotopic (exact) mass is 405 g/mol. The van der Waals surface area contributed by atoms with E-state index < -0.39 is 37.4 Å². The van der Waals surface area contributed by atoms with Gasteiger partial charge in [0.1, 0.15) is 0 Å². The maximum atomic E-state index is 13.2. The first-order valence-corrected chi connectivity index (χ1v) is 10.4. The van der Waals surface area contributed by atoms with Crippen LogP contribution in [0.4, 0.5) is 13.6 Å². The third kappa shape index (κ3) is 3.96. The number of allylic oxidation sites excluding steroid dienone is 2. The molecule has 1 aromatic rings. The first-order valence-electron chi connectivity index (χ1n) is 6.25. The van der Waals surface area contributed by atoms with Crippen molar-refractivity contribution in [2.24, 2.45) is 0 Å². The molecule has 0 aromatic heterocycles. The van der Waals surface area contributed by atoms with E-state index >= 15 is 0 Å². The van der Waals surface area contributed by atoms with Crippen LogP contribution in [-0.2, 0) is 9.22 Å². The minimum absolute atomic E-state index is 0.246. The van der Waals surface area contributed by atoms with Crippen molar-refractivity contribution in [1.82, 2.24) is 5.32 Å². The van der Waals surface area contributed by atoms with Gasteiger partial charge in [0.05, 0.1) is 0 Å². The molecule has 1 aromatic carbocycles. The second-order valence-corrected chi connectivity index (χ2v) is 9.61. The van der Waals surface area contributed by atoms with E-state index in [1.165, 1.54) is 6.07 Å². The Morgan fingerprint density at radius 1 is 1.29 bits per heavy atom. The second-order valence-electron chi connectivity index (χ2n) is 4.38. The van der Waals surface area contributed by atoms with Crippen LogP contribution in [0.3, 0.4) is 0 Å². The van der Waals surface area contributed by atoms with E-state index in [2.05, 4.69) is 5.32 Å². The van der Waals surface area contributed by atoms with E-state index in [-0.39, 0.29) is 3.91 Å². The van der Waals surface area contributed by atoms with Crippen molar-refractivity contribution >= 4 is 29.6 Å². The average Bonchev–Trinajstić information content (AvgIpc) is 2.56. The summed E-state index contributed by atoms with van der Waals surface area (Å²) in [6.45, 7) is 1.79. The first kappa shape index (κ1) is 15.8. The summed E-state index contributed by atoms with van der Waals surface area (Å²) < 4.78 is 26.8. The fourth-order valence-corrected chi connectivity index (χ4v) is 6.04. The molecule has 0 unspecified atom stereocenters. The Bertz CT molecular complexity index is 641. The van der Waals surface area contributed by atoms with Gasteiger partial charge in [0.2, 0.25) is 0 Å².